The lowest BCUT2D eigenvalue weighted by atomic mass is 9.89. The molecule has 6 nitrogen and oxygen atoms in total. The number of nitrogens with one attached hydrogen (secondary N) is 1. The maximum Gasteiger partial charge on any atom is 0.417 e. The lowest BCUT2D eigenvalue weighted by molar-refractivity contribution is -0.141. The molecule has 3 aliphatic rings. The average molecular weight is 523 g/mol. The number of pyridine rings is 1. The monoisotopic (exact) mass is 522 g/mol. The van der Waals surface area contributed by atoms with E-state index in [-0.39, 0.29) is 47.8 Å². The molecule has 3 saturated heterocycles. The minimum absolute atomic E-state index is 0.0101. The molecule has 1 N–H and O–H groups in total. The van der Waals surface area contributed by atoms with Crippen molar-refractivity contribution in [1.29, 1.82) is 0 Å². The van der Waals surface area contributed by atoms with Gasteiger partial charge in [0.05, 0.1) is 22.4 Å². The van der Waals surface area contributed by atoms with Crippen molar-refractivity contribution in [3.63, 3.8) is 0 Å². The number of nitrogens with zero attached hydrogens (tertiary/aromatic N) is 3. The molecule has 1 aromatic carbocycles. The van der Waals surface area contributed by atoms with Crippen molar-refractivity contribution in [3.8, 4) is 0 Å². The van der Waals surface area contributed by atoms with Crippen LogP contribution < -0.4 is 5.32 Å². The zero-order valence-electron chi connectivity index (χ0n) is 18.4. The Morgan fingerprint density at radius 2 is 1.91 bits per heavy atom. The SMILES string of the molecule is O=C1[C@@H]2[C@H](C(=O)N1CCNc1ncc(C(F)(F)F)cc1Cl)[C@H]1CSCN1[C@@H]2/C=C/c1ccccc1. The van der Waals surface area contributed by atoms with Gasteiger partial charge in [-0.3, -0.25) is 19.4 Å². The molecule has 3 fully saturated rings. The van der Waals surface area contributed by atoms with Crippen molar-refractivity contribution in [2.45, 2.75) is 18.3 Å². The van der Waals surface area contributed by atoms with Gasteiger partial charge in [-0.25, -0.2) is 4.98 Å². The minimum Gasteiger partial charge on any atom is -0.367 e. The molecule has 184 valence electrons. The molecule has 5 rings (SSSR count). The van der Waals surface area contributed by atoms with Crippen LogP contribution in [0, 0.1) is 11.8 Å². The molecule has 4 heterocycles. The van der Waals surface area contributed by atoms with E-state index in [1.807, 2.05) is 42.5 Å². The smallest absolute Gasteiger partial charge is 0.367 e. The fourth-order valence-corrected chi connectivity index (χ4v) is 6.62. The normalized spacial score (nSPS) is 26.6. The summed E-state index contributed by atoms with van der Waals surface area (Å²) in [4.78, 5) is 33.9. The number of likely N-dealkylation sites (tertiary alicyclic amines) is 1. The third kappa shape index (κ3) is 4.54. The molecule has 35 heavy (non-hydrogen) atoms. The van der Waals surface area contributed by atoms with Gasteiger partial charge in [0.25, 0.3) is 0 Å². The number of fused-ring (bicyclic) bond motifs is 3. The summed E-state index contributed by atoms with van der Waals surface area (Å²) in [6.07, 6.45) is 0.172. The zero-order valence-corrected chi connectivity index (χ0v) is 20.0. The van der Waals surface area contributed by atoms with E-state index >= 15 is 0 Å². The maximum absolute atomic E-state index is 13.4. The first-order chi connectivity index (χ1) is 16.8. The number of alkyl halides is 3. The van der Waals surface area contributed by atoms with E-state index in [2.05, 4.69) is 15.2 Å². The van der Waals surface area contributed by atoms with Gasteiger partial charge in [0.15, 0.2) is 0 Å². The Hall–Kier alpha value is -2.56. The summed E-state index contributed by atoms with van der Waals surface area (Å²) in [5.74, 6) is 0.406. The van der Waals surface area contributed by atoms with Gasteiger partial charge in [-0.05, 0) is 11.6 Å². The van der Waals surface area contributed by atoms with Gasteiger partial charge in [0.2, 0.25) is 11.8 Å². The Morgan fingerprint density at radius 1 is 1.17 bits per heavy atom. The summed E-state index contributed by atoms with van der Waals surface area (Å²) in [5, 5.41) is 2.66. The lowest BCUT2D eigenvalue weighted by Gasteiger charge is -2.26. The van der Waals surface area contributed by atoms with E-state index in [4.69, 9.17) is 11.6 Å². The lowest BCUT2D eigenvalue weighted by Crippen LogP contribution is -2.43. The quantitative estimate of drug-likeness (QED) is 0.573. The van der Waals surface area contributed by atoms with Crippen molar-refractivity contribution in [1.82, 2.24) is 14.8 Å². The van der Waals surface area contributed by atoms with Crippen LogP contribution in [0.3, 0.4) is 0 Å². The molecule has 4 atom stereocenters. The molecule has 0 radical (unpaired) electrons. The number of benzene rings is 1. The number of hydrogen-bond acceptors (Lipinski definition) is 6. The molecule has 11 heteroatoms. The predicted octanol–water partition coefficient (Wildman–Crippen LogP) is 4.24. The van der Waals surface area contributed by atoms with Gasteiger partial charge >= 0.3 is 6.18 Å². The first-order valence-electron chi connectivity index (χ1n) is 11.1. The van der Waals surface area contributed by atoms with Gasteiger partial charge in [0, 0.05) is 43.0 Å². The van der Waals surface area contributed by atoms with Crippen LogP contribution in [0.2, 0.25) is 5.02 Å². The molecule has 0 saturated carbocycles. The second kappa shape index (κ2) is 9.48. The van der Waals surface area contributed by atoms with E-state index in [9.17, 15) is 22.8 Å². The standard InChI is InChI=1S/C24H22ClF3N4O2S/c25-16-10-15(24(26,27)28)11-30-21(16)29-8-9-31-22(33)19-17(7-6-14-4-2-1-3-5-14)32-13-35-12-18(32)20(19)23(31)34/h1-7,10-11,17-20H,8-9,12-13H2,(H,29,30)/b7-6+/t17-,18-,19+,20-/m1/s1. The number of thioether (sulfide) groups is 1. The van der Waals surface area contributed by atoms with Gasteiger partial charge in [-0.1, -0.05) is 54.1 Å². The van der Waals surface area contributed by atoms with E-state index in [1.54, 1.807) is 11.8 Å². The highest BCUT2D eigenvalue weighted by atomic mass is 35.5. The second-order valence-corrected chi connectivity index (χ2v) is 10.1. The summed E-state index contributed by atoms with van der Waals surface area (Å²) < 4.78 is 38.5. The van der Waals surface area contributed by atoms with Gasteiger partial charge in [-0.15, -0.1) is 11.8 Å². The number of carbonyl (C=O) groups is 2. The molecular formula is C24H22ClF3N4O2S. The van der Waals surface area contributed by atoms with Crippen molar-refractivity contribution < 1.29 is 22.8 Å². The minimum atomic E-state index is -4.54. The van der Waals surface area contributed by atoms with Crippen LogP contribution in [0.25, 0.3) is 6.08 Å². The van der Waals surface area contributed by atoms with E-state index in [0.717, 1.165) is 23.3 Å². The van der Waals surface area contributed by atoms with Crippen LogP contribution in [-0.2, 0) is 15.8 Å². The summed E-state index contributed by atoms with van der Waals surface area (Å²) in [7, 11) is 0. The zero-order chi connectivity index (χ0) is 24.7. The number of carbonyl (C=O) groups excluding carboxylic acids is 2. The molecular weight excluding hydrogens is 501 g/mol. The van der Waals surface area contributed by atoms with Gasteiger partial charge in [0.1, 0.15) is 5.82 Å². The van der Waals surface area contributed by atoms with Gasteiger partial charge in [-0.2, -0.15) is 13.2 Å². The number of imide groups is 1. The van der Waals surface area contributed by atoms with Crippen LogP contribution in [0.4, 0.5) is 19.0 Å². The van der Waals surface area contributed by atoms with E-state index in [1.165, 1.54) is 4.90 Å². The second-order valence-electron chi connectivity index (χ2n) is 8.70. The molecule has 1 aromatic heterocycles. The topological polar surface area (TPSA) is 65.5 Å². The highest BCUT2D eigenvalue weighted by Crippen LogP contribution is 2.47. The molecule has 0 bridgehead atoms. The first-order valence-corrected chi connectivity index (χ1v) is 12.7. The number of anilines is 1. The first kappa shape index (κ1) is 24.1. The van der Waals surface area contributed by atoms with Crippen LogP contribution in [-0.4, -0.2) is 63.4 Å². The number of amides is 2. The highest BCUT2D eigenvalue weighted by molar-refractivity contribution is 7.99. The highest BCUT2D eigenvalue weighted by Gasteiger charge is 2.62. The van der Waals surface area contributed by atoms with Crippen molar-refractivity contribution in [3.05, 3.63) is 64.8 Å². The third-order valence-corrected chi connectivity index (χ3v) is 8.04. The van der Waals surface area contributed by atoms with Gasteiger partial charge < -0.3 is 5.32 Å². The number of hydrogen-bond donors (Lipinski definition) is 1. The fraction of sp³-hybridized carbons (Fsp3) is 0.375. The van der Waals surface area contributed by atoms with Crippen LogP contribution in [0.1, 0.15) is 11.1 Å². The van der Waals surface area contributed by atoms with Crippen LogP contribution >= 0.6 is 23.4 Å². The Labute approximate surface area is 209 Å². The van der Waals surface area contributed by atoms with Crippen molar-refractivity contribution in [2.24, 2.45) is 11.8 Å². The number of halogens is 4. The van der Waals surface area contributed by atoms with Crippen LogP contribution in [0.5, 0.6) is 0 Å². The number of rotatable bonds is 6. The molecule has 2 aromatic rings. The fourth-order valence-electron chi connectivity index (χ4n) is 5.07. The van der Waals surface area contributed by atoms with E-state index in [0.29, 0.717) is 6.20 Å². The molecule has 3 aliphatic heterocycles. The average Bonchev–Trinajstić information content (AvgIpc) is 3.47. The Balaban J connectivity index is 1.28. The Bertz CT molecular complexity index is 1160. The molecule has 0 spiro atoms. The Morgan fingerprint density at radius 3 is 2.63 bits per heavy atom. The molecule has 2 amide bonds. The Kier molecular flexibility index (Phi) is 6.54. The van der Waals surface area contributed by atoms with E-state index < -0.39 is 23.6 Å². The summed E-state index contributed by atoms with van der Waals surface area (Å²) in [6.45, 7) is 0.210. The number of aromatic nitrogens is 1. The van der Waals surface area contributed by atoms with Crippen molar-refractivity contribution in [2.75, 3.05) is 30.0 Å². The van der Waals surface area contributed by atoms with Crippen molar-refractivity contribution >= 4 is 47.1 Å². The predicted molar refractivity (Wildman–Crippen MR) is 129 cm³/mol. The molecule has 0 aliphatic carbocycles. The maximum atomic E-state index is 13.4. The summed E-state index contributed by atoms with van der Waals surface area (Å²) >= 11 is 7.70. The summed E-state index contributed by atoms with van der Waals surface area (Å²) in [5.41, 5.74) is 0.0810. The largest absolute Gasteiger partial charge is 0.417 e. The molecule has 0 unspecified atom stereocenters. The summed E-state index contributed by atoms with van der Waals surface area (Å²) in [6, 6.07) is 10.4. The van der Waals surface area contributed by atoms with Crippen LogP contribution in [0.15, 0.2) is 48.7 Å². The third-order valence-electron chi connectivity index (χ3n) is 6.69.